The summed E-state index contributed by atoms with van der Waals surface area (Å²) in [7, 11) is 0. The zero-order valence-corrected chi connectivity index (χ0v) is 12.5. The Hall–Kier alpha value is -0.860. The molecule has 0 saturated carbocycles. The highest BCUT2D eigenvalue weighted by Gasteiger charge is 2.21. The summed E-state index contributed by atoms with van der Waals surface area (Å²) < 4.78 is 0. The van der Waals surface area contributed by atoms with Crippen molar-refractivity contribution in [2.24, 2.45) is 5.92 Å². The number of nitrogens with one attached hydrogen (secondary N) is 1. The van der Waals surface area contributed by atoms with Gasteiger partial charge in [0.25, 0.3) is 0 Å². The molecule has 0 amide bonds. The van der Waals surface area contributed by atoms with Crippen LogP contribution in [0.4, 0.5) is 0 Å². The summed E-state index contributed by atoms with van der Waals surface area (Å²) in [4.78, 5) is 12.3. The molecule has 2 rings (SSSR count). The first-order chi connectivity index (χ1) is 8.81. The largest absolute Gasteiger partial charge is 0.317 e. The lowest BCUT2D eigenvalue weighted by atomic mass is 9.89. The third-order valence-electron chi connectivity index (χ3n) is 3.77. The van der Waals surface area contributed by atoms with E-state index in [4.69, 9.17) is 0 Å². The SMILES string of the molecule is CCCCc1ccc(C(=O)C2CCNCC2)cc1.Cl. The van der Waals surface area contributed by atoms with Gasteiger partial charge in [-0.05, 0) is 44.3 Å². The Labute approximate surface area is 122 Å². The van der Waals surface area contributed by atoms with Crippen LogP contribution in [0.5, 0.6) is 0 Å². The molecule has 1 N–H and O–H groups in total. The lowest BCUT2D eigenvalue weighted by molar-refractivity contribution is 0.0895. The number of carbonyl (C=O) groups excluding carboxylic acids is 1. The van der Waals surface area contributed by atoms with Gasteiger partial charge >= 0.3 is 0 Å². The van der Waals surface area contributed by atoms with Crippen molar-refractivity contribution >= 4 is 18.2 Å². The highest BCUT2D eigenvalue weighted by molar-refractivity contribution is 5.97. The third kappa shape index (κ3) is 4.63. The molecule has 1 aliphatic rings. The molecule has 0 unspecified atom stereocenters. The monoisotopic (exact) mass is 281 g/mol. The average Bonchev–Trinajstić information content (AvgIpc) is 2.46. The summed E-state index contributed by atoms with van der Waals surface area (Å²) in [6, 6.07) is 8.25. The van der Waals surface area contributed by atoms with Crippen molar-refractivity contribution in [3.05, 3.63) is 35.4 Å². The second-order valence-electron chi connectivity index (χ2n) is 5.19. The number of rotatable bonds is 5. The predicted octanol–water partition coefficient (Wildman–Crippen LogP) is 3.63. The van der Waals surface area contributed by atoms with Crippen LogP contribution >= 0.6 is 12.4 Å². The fourth-order valence-electron chi connectivity index (χ4n) is 2.54. The smallest absolute Gasteiger partial charge is 0.166 e. The maximum Gasteiger partial charge on any atom is 0.166 e. The van der Waals surface area contributed by atoms with E-state index in [1.165, 1.54) is 18.4 Å². The van der Waals surface area contributed by atoms with Crippen LogP contribution in [0, 0.1) is 5.92 Å². The minimum Gasteiger partial charge on any atom is -0.317 e. The molecule has 0 aromatic heterocycles. The lowest BCUT2D eigenvalue weighted by Gasteiger charge is -2.21. The molecular weight excluding hydrogens is 258 g/mol. The minimum absolute atomic E-state index is 0. The lowest BCUT2D eigenvalue weighted by Crippen LogP contribution is -2.31. The van der Waals surface area contributed by atoms with Crippen molar-refractivity contribution in [3.8, 4) is 0 Å². The maximum atomic E-state index is 12.3. The Bertz CT molecular complexity index is 382. The van der Waals surface area contributed by atoms with Crippen LogP contribution in [-0.4, -0.2) is 18.9 Å². The standard InChI is InChI=1S/C16H23NO.ClH/c1-2-3-4-13-5-7-14(8-6-13)16(18)15-9-11-17-12-10-15;/h5-8,15,17H,2-4,9-12H2,1H3;1H. The second kappa shape index (κ2) is 8.34. The summed E-state index contributed by atoms with van der Waals surface area (Å²) in [6.07, 6.45) is 5.53. The van der Waals surface area contributed by atoms with E-state index in [0.717, 1.165) is 37.9 Å². The number of halogens is 1. The zero-order valence-electron chi connectivity index (χ0n) is 11.7. The van der Waals surface area contributed by atoms with E-state index in [1.807, 2.05) is 12.1 Å². The summed E-state index contributed by atoms with van der Waals surface area (Å²) in [5, 5.41) is 3.30. The van der Waals surface area contributed by atoms with Gasteiger partial charge in [0.1, 0.15) is 0 Å². The number of ketones is 1. The Morgan fingerprint density at radius 2 is 1.84 bits per heavy atom. The van der Waals surface area contributed by atoms with Gasteiger partial charge in [0.15, 0.2) is 5.78 Å². The number of hydrogen-bond donors (Lipinski definition) is 1. The number of carbonyl (C=O) groups is 1. The number of piperidine rings is 1. The van der Waals surface area contributed by atoms with Crippen LogP contribution in [-0.2, 0) is 6.42 Å². The molecule has 1 heterocycles. The van der Waals surface area contributed by atoms with Gasteiger partial charge in [-0.15, -0.1) is 12.4 Å². The van der Waals surface area contributed by atoms with Crippen molar-refractivity contribution in [3.63, 3.8) is 0 Å². The van der Waals surface area contributed by atoms with Gasteiger partial charge in [-0.25, -0.2) is 0 Å². The van der Waals surface area contributed by atoms with E-state index in [2.05, 4.69) is 24.4 Å². The molecule has 0 atom stereocenters. The van der Waals surface area contributed by atoms with Crippen molar-refractivity contribution in [1.29, 1.82) is 0 Å². The molecule has 1 aromatic rings. The van der Waals surface area contributed by atoms with Crippen molar-refractivity contribution in [2.75, 3.05) is 13.1 Å². The maximum absolute atomic E-state index is 12.3. The van der Waals surface area contributed by atoms with Gasteiger partial charge in [-0.2, -0.15) is 0 Å². The van der Waals surface area contributed by atoms with Crippen LogP contribution < -0.4 is 5.32 Å². The summed E-state index contributed by atoms with van der Waals surface area (Å²) >= 11 is 0. The van der Waals surface area contributed by atoms with Crippen LogP contribution in [0.1, 0.15) is 48.5 Å². The fourth-order valence-corrected chi connectivity index (χ4v) is 2.54. The van der Waals surface area contributed by atoms with E-state index >= 15 is 0 Å². The highest BCUT2D eigenvalue weighted by Crippen LogP contribution is 2.19. The van der Waals surface area contributed by atoms with Gasteiger partial charge in [-0.1, -0.05) is 37.6 Å². The van der Waals surface area contributed by atoms with Crippen LogP contribution in [0.3, 0.4) is 0 Å². The molecule has 19 heavy (non-hydrogen) atoms. The minimum atomic E-state index is 0. The Morgan fingerprint density at radius 3 is 2.42 bits per heavy atom. The molecule has 3 heteroatoms. The molecule has 0 aliphatic carbocycles. The first-order valence-corrected chi connectivity index (χ1v) is 7.15. The number of unbranched alkanes of at least 4 members (excludes halogenated alkanes) is 1. The number of aryl methyl sites for hydroxylation is 1. The molecule has 0 bridgehead atoms. The van der Waals surface area contributed by atoms with Gasteiger partial charge in [0.2, 0.25) is 0 Å². The third-order valence-corrected chi connectivity index (χ3v) is 3.77. The van der Waals surface area contributed by atoms with E-state index in [-0.39, 0.29) is 18.3 Å². The topological polar surface area (TPSA) is 29.1 Å². The van der Waals surface area contributed by atoms with Gasteiger partial charge in [-0.3, -0.25) is 4.79 Å². The molecular formula is C16H24ClNO. The zero-order chi connectivity index (χ0) is 12.8. The summed E-state index contributed by atoms with van der Waals surface area (Å²) in [5.41, 5.74) is 2.24. The average molecular weight is 282 g/mol. The number of benzene rings is 1. The van der Waals surface area contributed by atoms with Crippen LogP contribution in [0.2, 0.25) is 0 Å². The number of Topliss-reactive ketones (excluding diaryl/α,β-unsaturated/α-hetero) is 1. The first-order valence-electron chi connectivity index (χ1n) is 7.15. The van der Waals surface area contributed by atoms with E-state index in [0.29, 0.717) is 5.78 Å². The molecule has 106 valence electrons. The molecule has 0 spiro atoms. The Balaban J connectivity index is 0.00000180. The normalized spacial score (nSPS) is 15.8. The Kier molecular flexibility index (Phi) is 7.11. The quantitative estimate of drug-likeness (QED) is 0.835. The first kappa shape index (κ1) is 16.2. The summed E-state index contributed by atoms with van der Waals surface area (Å²) in [6.45, 7) is 4.16. The van der Waals surface area contributed by atoms with Crippen LogP contribution in [0.15, 0.2) is 24.3 Å². The fraction of sp³-hybridized carbons (Fsp3) is 0.562. The van der Waals surface area contributed by atoms with Crippen molar-refractivity contribution < 1.29 is 4.79 Å². The van der Waals surface area contributed by atoms with Gasteiger partial charge < -0.3 is 5.32 Å². The van der Waals surface area contributed by atoms with E-state index in [1.54, 1.807) is 0 Å². The number of hydrogen-bond acceptors (Lipinski definition) is 2. The highest BCUT2D eigenvalue weighted by atomic mass is 35.5. The summed E-state index contributed by atoms with van der Waals surface area (Å²) in [5.74, 6) is 0.561. The molecule has 0 radical (unpaired) electrons. The predicted molar refractivity (Wildman–Crippen MR) is 82.2 cm³/mol. The molecule has 1 fully saturated rings. The van der Waals surface area contributed by atoms with Crippen LogP contribution in [0.25, 0.3) is 0 Å². The molecule has 2 nitrogen and oxygen atoms in total. The van der Waals surface area contributed by atoms with E-state index in [9.17, 15) is 4.79 Å². The van der Waals surface area contributed by atoms with Crippen molar-refractivity contribution in [1.82, 2.24) is 5.32 Å². The molecule has 1 aliphatic heterocycles. The van der Waals surface area contributed by atoms with Crippen molar-refractivity contribution in [2.45, 2.75) is 39.0 Å². The molecule has 1 aromatic carbocycles. The Morgan fingerprint density at radius 1 is 1.21 bits per heavy atom. The van der Waals surface area contributed by atoms with Gasteiger partial charge in [0.05, 0.1) is 0 Å². The molecule has 1 saturated heterocycles. The second-order valence-corrected chi connectivity index (χ2v) is 5.19. The van der Waals surface area contributed by atoms with Gasteiger partial charge in [0, 0.05) is 11.5 Å². The van der Waals surface area contributed by atoms with E-state index < -0.39 is 0 Å².